The van der Waals surface area contributed by atoms with E-state index in [9.17, 15) is 0 Å². The zero-order valence-electron chi connectivity index (χ0n) is 13.0. The van der Waals surface area contributed by atoms with Gasteiger partial charge in [-0.2, -0.15) is 5.26 Å². The molecule has 0 aliphatic rings. The van der Waals surface area contributed by atoms with E-state index in [1.54, 1.807) is 25.2 Å². The van der Waals surface area contributed by atoms with E-state index in [1.807, 2.05) is 24.3 Å². The average Bonchev–Trinajstić information content (AvgIpc) is 2.56. The van der Waals surface area contributed by atoms with Crippen LogP contribution in [0.5, 0.6) is 0 Å². The Morgan fingerprint density at radius 3 is 2.54 bits per heavy atom. The summed E-state index contributed by atoms with van der Waals surface area (Å²) in [6.07, 6.45) is 0. The first-order chi connectivity index (χ1) is 11.1. The molecule has 0 aliphatic heterocycles. The third kappa shape index (κ3) is 6.19. The van der Waals surface area contributed by atoms with Crippen LogP contribution in [-0.4, -0.2) is 13.0 Å². The van der Waals surface area contributed by atoms with Crippen LogP contribution >= 0.6 is 47.2 Å². The fourth-order valence-corrected chi connectivity index (χ4v) is 2.48. The van der Waals surface area contributed by atoms with Gasteiger partial charge in [-0.15, -0.1) is 24.0 Å². The number of halogens is 3. The molecule has 2 aromatic carbocycles. The second kappa shape index (κ2) is 10.4. The fourth-order valence-electron chi connectivity index (χ4n) is 2.00. The molecule has 7 heteroatoms. The van der Waals surface area contributed by atoms with Gasteiger partial charge in [-0.3, -0.25) is 4.99 Å². The minimum absolute atomic E-state index is 0. The van der Waals surface area contributed by atoms with Crippen molar-refractivity contribution in [3.63, 3.8) is 0 Å². The minimum Gasteiger partial charge on any atom is -0.352 e. The van der Waals surface area contributed by atoms with Crippen LogP contribution in [0.4, 0.5) is 0 Å². The van der Waals surface area contributed by atoms with Crippen LogP contribution in [0.1, 0.15) is 16.7 Å². The lowest BCUT2D eigenvalue weighted by molar-refractivity contribution is 0.809. The largest absolute Gasteiger partial charge is 0.352 e. The highest BCUT2D eigenvalue weighted by atomic mass is 127. The van der Waals surface area contributed by atoms with E-state index in [4.69, 9.17) is 28.5 Å². The second-order valence-electron chi connectivity index (χ2n) is 4.83. The predicted molar refractivity (Wildman–Crippen MR) is 110 cm³/mol. The monoisotopic (exact) mass is 474 g/mol. The van der Waals surface area contributed by atoms with Gasteiger partial charge in [0.15, 0.2) is 5.96 Å². The Morgan fingerprint density at radius 1 is 1.12 bits per heavy atom. The molecular formula is C17H17Cl2IN4. The van der Waals surface area contributed by atoms with Gasteiger partial charge in [0.1, 0.15) is 0 Å². The number of guanidine groups is 1. The summed E-state index contributed by atoms with van der Waals surface area (Å²) in [6.45, 7) is 1.11. The number of benzene rings is 2. The maximum absolute atomic E-state index is 8.91. The highest BCUT2D eigenvalue weighted by molar-refractivity contribution is 14.0. The standard InChI is InChI=1S/C17H16Cl2N4.HI/c1-21-17(22-10-13-4-2-3-12(7-13)9-20)23-11-14-5-6-15(18)8-16(14)19;/h2-8H,10-11H2,1H3,(H2,21,22,23);1H. The molecule has 0 unspecified atom stereocenters. The highest BCUT2D eigenvalue weighted by Crippen LogP contribution is 2.20. The average molecular weight is 475 g/mol. The Kier molecular flexibility index (Phi) is 8.90. The van der Waals surface area contributed by atoms with E-state index in [2.05, 4.69) is 21.7 Å². The number of nitrogens with zero attached hydrogens (tertiary/aromatic N) is 2. The maximum atomic E-state index is 8.91. The van der Waals surface area contributed by atoms with Crippen LogP contribution in [-0.2, 0) is 13.1 Å². The Balaban J connectivity index is 0.00000288. The van der Waals surface area contributed by atoms with E-state index in [1.165, 1.54) is 0 Å². The smallest absolute Gasteiger partial charge is 0.191 e. The molecule has 0 saturated carbocycles. The summed E-state index contributed by atoms with van der Waals surface area (Å²) in [4.78, 5) is 4.17. The zero-order valence-corrected chi connectivity index (χ0v) is 16.9. The predicted octanol–water partition coefficient (Wildman–Crippen LogP) is 4.35. The molecule has 0 amide bonds. The molecule has 4 nitrogen and oxygen atoms in total. The molecule has 0 aliphatic carbocycles. The van der Waals surface area contributed by atoms with Crippen molar-refractivity contribution in [2.24, 2.45) is 4.99 Å². The van der Waals surface area contributed by atoms with Crippen molar-refractivity contribution < 1.29 is 0 Å². The summed E-state index contributed by atoms with van der Waals surface area (Å²) in [7, 11) is 1.70. The van der Waals surface area contributed by atoms with Gasteiger partial charge < -0.3 is 10.6 Å². The molecule has 0 heterocycles. The number of nitriles is 1. The Hall–Kier alpha value is -1.49. The first kappa shape index (κ1) is 20.6. The third-order valence-corrected chi connectivity index (χ3v) is 3.79. The van der Waals surface area contributed by atoms with Crippen LogP contribution in [0.25, 0.3) is 0 Å². The zero-order chi connectivity index (χ0) is 16.7. The quantitative estimate of drug-likeness (QED) is 0.393. The van der Waals surface area contributed by atoms with Crippen LogP contribution in [0, 0.1) is 11.3 Å². The van der Waals surface area contributed by atoms with Crippen molar-refractivity contribution >= 4 is 53.1 Å². The van der Waals surface area contributed by atoms with Crippen LogP contribution < -0.4 is 10.6 Å². The van der Waals surface area contributed by atoms with Crippen LogP contribution in [0.15, 0.2) is 47.5 Å². The second-order valence-corrected chi connectivity index (χ2v) is 5.67. The normalized spacial score (nSPS) is 10.5. The SMILES string of the molecule is CN=C(NCc1cccc(C#N)c1)NCc1ccc(Cl)cc1Cl.I. The number of rotatable bonds is 4. The Labute approximate surface area is 168 Å². The van der Waals surface area contributed by atoms with Crippen molar-refractivity contribution in [1.82, 2.24) is 10.6 Å². The number of hydrogen-bond donors (Lipinski definition) is 2. The number of aliphatic imine (C=N–C) groups is 1. The molecule has 0 bridgehead atoms. The lowest BCUT2D eigenvalue weighted by Crippen LogP contribution is -2.36. The van der Waals surface area contributed by atoms with Crippen molar-refractivity contribution in [2.45, 2.75) is 13.1 Å². The number of nitrogens with one attached hydrogen (secondary N) is 2. The van der Waals surface area contributed by atoms with E-state index in [-0.39, 0.29) is 24.0 Å². The van der Waals surface area contributed by atoms with E-state index < -0.39 is 0 Å². The van der Waals surface area contributed by atoms with Gasteiger partial charge >= 0.3 is 0 Å². The molecule has 24 heavy (non-hydrogen) atoms. The molecule has 0 fully saturated rings. The van der Waals surface area contributed by atoms with Crippen LogP contribution in [0.2, 0.25) is 10.0 Å². The molecule has 2 aromatic rings. The molecule has 0 saturated heterocycles. The summed E-state index contributed by atoms with van der Waals surface area (Å²) in [5.41, 5.74) is 2.59. The Morgan fingerprint density at radius 2 is 1.88 bits per heavy atom. The first-order valence-electron chi connectivity index (χ1n) is 7.00. The lowest BCUT2D eigenvalue weighted by Gasteiger charge is -2.13. The van der Waals surface area contributed by atoms with Gasteiger partial charge in [-0.25, -0.2) is 0 Å². The van der Waals surface area contributed by atoms with Crippen LogP contribution in [0.3, 0.4) is 0 Å². The molecule has 0 atom stereocenters. The van der Waals surface area contributed by atoms with Gasteiger partial charge in [0.2, 0.25) is 0 Å². The number of hydrogen-bond acceptors (Lipinski definition) is 2. The van der Waals surface area contributed by atoms with Crippen molar-refractivity contribution in [3.8, 4) is 6.07 Å². The third-order valence-electron chi connectivity index (χ3n) is 3.20. The van der Waals surface area contributed by atoms with E-state index in [0.29, 0.717) is 34.7 Å². The summed E-state index contributed by atoms with van der Waals surface area (Å²) in [5, 5.41) is 16.5. The van der Waals surface area contributed by atoms with Gasteiger partial charge in [-0.05, 0) is 35.4 Å². The summed E-state index contributed by atoms with van der Waals surface area (Å²) in [5.74, 6) is 0.651. The highest BCUT2D eigenvalue weighted by Gasteiger charge is 2.03. The fraction of sp³-hybridized carbons (Fsp3) is 0.176. The summed E-state index contributed by atoms with van der Waals surface area (Å²) < 4.78 is 0. The van der Waals surface area contributed by atoms with Gasteiger partial charge in [0, 0.05) is 30.2 Å². The minimum atomic E-state index is 0. The van der Waals surface area contributed by atoms with Crippen molar-refractivity contribution in [1.29, 1.82) is 5.26 Å². The van der Waals surface area contributed by atoms with Gasteiger partial charge in [0.25, 0.3) is 0 Å². The summed E-state index contributed by atoms with van der Waals surface area (Å²) in [6, 6.07) is 15.0. The summed E-state index contributed by atoms with van der Waals surface area (Å²) >= 11 is 12.0. The lowest BCUT2D eigenvalue weighted by atomic mass is 10.1. The molecule has 0 aromatic heterocycles. The Bertz CT molecular complexity index is 756. The topological polar surface area (TPSA) is 60.2 Å². The maximum Gasteiger partial charge on any atom is 0.191 e. The molecule has 0 spiro atoms. The molecule has 2 N–H and O–H groups in total. The molecule has 2 rings (SSSR count). The molecular weight excluding hydrogens is 458 g/mol. The van der Waals surface area contributed by atoms with E-state index >= 15 is 0 Å². The van der Waals surface area contributed by atoms with Crippen molar-refractivity contribution in [2.75, 3.05) is 7.05 Å². The molecule has 0 radical (unpaired) electrons. The van der Waals surface area contributed by atoms with Gasteiger partial charge in [0.05, 0.1) is 11.6 Å². The van der Waals surface area contributed by atoms with Crippen molar-refractivity contribution in [3.05, 3.63) is 69.2 Å². The first-order valence-corrected chi connectivity index (χ1v) is 7.75. The molecule has 126 valence electrons. The van der Waals surface area contributed by atoms with Gasteiger partial charge in [-0.1, -0.05) is 41.4 Å². The van der Waals surface area contributed by atoms with E-state index in [0.717, 1.165) is 11.1 Å².